The van der Waals surface area contributed by atoms with Crippen LogP contribution in [-0.4, -0.2) is 50.7 Å². The Bertz CT molecular complexity index is 757. The van der Waals surface area contributed by atoms with Crippen LogP contribution in [0.25, 0.3) is 0 Å². The molecular weight excluding hydrogens is 390 g/mol. The highest BCUT2D eigenvalue weighted by atomic mass is 16.5. The summed E-state index contributed by atoms with van der Waals surface area (Å²) in [5.74, 6) is 2.42. The summed E-state index contributed by atoms with van der Waals surface area (Å²) in [4.78, 5) is 26.5. The van der Waals surface area contributed by atoms with Crippen LogP contribution in [0.1, 0.15) is 71.6 Å². The fraction of sp³-hybridized carbons (Fsp3) is 0.846. The molecule has 1 aliphatic heterocycles. The molecule has 3 saturated carbocycles. The van der Waals surface area contributed by atoms with Crippen LogP contribution in [0.5, 0.6) is 0 Å². The van der Waals surface area contributed by atoms with Gasteiger partial charge in [0.25, 0.3) is 0 Å². The Labute approximate surface area is 186 Å². The minimum Gasteiger partial charge on any atom is -0.462 e. The predicted octanol–water partition coefficient (Wildman–Crippen LogP) is 2.74. The number of hydrogen-bond donors (Lipinski definition) is 1. The number of carbonyl (C=O) groups excluding carboxylic acids is 2. The third-order valence-electron chi connectivity index (χ3n) is 9.95. The highest BCUT2D eigenvalue weighted by molar-refractivity contribution is 5.87. The van der Waals surface area contributed by atoms with E-state index in [4.69, 9.17) is 9.47 Å². The van der Waals surface area contributed by atoms with Gasteiger partial charge in [-0.2, -0.15) is 0 Å². The summed E-state index contributed by atoms with van der Waals surface area (Å²) in [5.41, 5.74) is 1.71. The topological polar surface area (TPSA) is 57.0 Å². The van der Waals surface area contributed by atoms with Crippen LogP contribution in [0, 0.1) is 28.6 Å². The Morgan fingerprint density at radius 3 is 2.68 bits per heavy atom. The Morgan fingerprint density at radius 1 is 1.13 bits per heavy atom. The number of quaternary nitrogens is 1. The van der Waals surface area contributed by atoms with Crippen LogP contribution in [0.2, 0.25) is 0 Å². The van der Waals surface area contributed by atoms with Crippen molar-refractivity contribution in [3.63, 3.8) is 0 Å². The molecule has 0 unspecified atom stereocenters. The lowest BCUT2D eigenvalue weighted by Crippen LogP contribution is -3.14. The number of morpholine rings is 1. The van der Waals surface area contributed by atoms with Crippen LogP contribution in [0.3, 0.4) is 0 Å². The molecule has 31 heavy (non-hydrogen) atoms. The van der Waals surface area contributed by atoms with Crippen molar-refractivity contribution in [2.24, 2.45) is 28.6 Å². The van der Waals surface area contributed by atoms with Gasteiger partial charge in [0, 0.05) is 18.3 Å². The van der Waals surface area contributed by atoms with Crippen LogP contribution in [-0.2, 0) is 19.1 Å². The van der Waals surface area contributed by atoms with Gasteiger partial charge < -0.3 is 14.4 Å². The summed E-state index contributed by atoms with van der Waals surface area (Å²) in [6.45, 7) is 9.17. The molecule has 0 aromatic carbocycles. The SMILES string of the molecule is C[C@]12CC[C@H](OC(=O)CC[NH+]3CCOCC3)CC1=CC[C@@H]1[C@H]2CC[C@]2(C)C(=O)CC[C@@H]12. The van der Waals surface area contributed by atoms with Crippen LogP contribution >= 0.6 is 0 Å². The minimum atomic E-state index is -0.0575. The van der Waals surface area contributed by atoms with E-state index in [1.807, 2.05) is 0 Å². The van der Waals surface area contributed by atoms with E-state index in [1.54, 1.807) is 0 Å². The molecule has 6 atom stereocenters. The van der Waals surface area contributed by atoms with Crippen molar-refractivity contribution in [2.75, 3.05) is 32.8 Å². The molecule has 172 valence electrons. The van der Waals surface area contributed by atoms with Crippen molar-refractivity contribution in [3.05, 3.63) is 11.6 Å². The van der Waals surface area contributed by atoms with E-state index in [1.165, 1.54) is 16.9 Å². The second-order valence-electron chi connectivity index (χ2n) is 11.4. The number of ether oxygens (including phenoxy) is 2. The van der Waals surface area contributed by atoms with E-state index < -0.39 is 0 Å². The summed E-state index contributed by atoms with van der Waals surface area (Å²) in [6, 6.07) is 0. The molecular formula is C26H40NO4+. The van der Waals surface area contributed by atoms with Crippen LogP contribution < -0.4 is 4.90 Å². The predicted molar refractivity (Wildman–Crippen MR) is 118 cm³/mol. The Balaban J connectivity index is 1.20. The standard InChI is InChI=1S/C26H39NO4/c1-25-10-7-19(31-24(29)9-12-27-13-15-30-16-14-27)17-18(25)3-4-20-21-5-6-23(28)26(21,2)11-8-22(20)25/h3,19-22H,4-17H2,1-2H3/p+1/t19-,20-,21-,22+,25-,26-/m0/s1. The van der Waals surface area contributed by atoms with E-state index in [2.05, 4.69) is 19.9 Å². The molecule has 4 fully saturated rings. The third kappa shape index (κ3) is 3.80. The van der Waals surface area contributed by atoms with E-state index in [0.717, 1.165) is 77.8 Å². The molecule has 4 aliphatic carbocycles. The Hall–Kier alpha value is -1.20. The summed E-state index contributed by atoms with van der Waals surface area (Å²) in [5, 5.41) is 0. The summed E-state index contributed by atoms with van der Waals surface area (Å²) >= 11 is 0. The van der Waals surface area contributed by atoms with Gasteiger partial charge in [0.1, 0.15) is 25.0 Å². The van der Waals surface area contributed by atoms with Gasteiger partial charge in [0.15, 0.2) is 0 Å². The molecule has 0 spiro atoms. The van der Waals surface area contributed by atoms with Gasteiger partial charge in [-0.25, -0.2) is 0 Å². The lowest BCUT2D eigenvalue weighted by atomic mass is 9.48. The smallest absolute Gasteiger partial charge is 0.311 e. The van der Waals surface area contributed by atoms with Crippen molar-refractivity contribution in [1.82, 2.24) is 0 Å². The van der Waals surface area contributed by atoms with Gasteiger partial charge in [0.2, 0.25) is 0 Å². The number of fused-ring (bicyclic) bond motifs is 5. The minimum absolute atomic E-state index is 0.0280. The van der Waals surface area contributed by atoms with Crippen molar-refractivity contribution >= 4 is 11.8 Å². The number of ketones is 1. The highest BCUT2D eigenvalue weighted by Crippen LogP contribution is 2.64. The number of hydrogen-bond acceptors (Lipinski definition) is 4. The normalized spacial score (nSPS) is 42.9. The highest BCUT2D eigenvalue weighted by Gasteiger charge is 2.58. The van der Waals surface area contributed by atoms with Gasteiger partial charge >= 0.3 is 5.97 Å². The number of rotatable bonds is 4. The summed E-state index contributed by atoms with van der Waals surface area (Å²) < 4.78 is 11.3. The van der Waals surface area contributed by atoms with E-state index in [-0.39, 0.29) is 22.9 Å². The number of nitrogens with one attached hydrogen (secondary N) is 1. The zero-order chi connectivity index (χ0) is 21.6. The van der Waals surface area contributed by atoms with E-state index >= 15 is 0 Å². The quantitative estimate of drug-likeness (QED) is 0.550. The zero-order valence-electron chi connectivity index (χ0n) is 19.4. The summed E-state index contributed by atoms with van der Waals surface area (Å²) in [6.07, 6.45) is 11.3. The summed E-state index contributed by atoms with van der Waals surface area (Å²) in [7, 11) is 0. The van der Waals surface area contributed by atoms with Gasteiger partial charge in [-0.05, 0) is 61.7 Å². The molecule has 0 bridgehead atoms. The first-order chi connectivity index (χ1) is 14.9. The van der Waals surface area contributed by atoms with Gasteiger partial charge in [-0.15, -0.1) is 0 Å². The molecule has 0 aromatic heterocycles. The maximum atomic E-state index is 12.6. The first-order valence-corrected chi connectivity index (χ1v) is 12.7. The number of esters is 1. The van der Waals surface area contributed by atoms with E-state index in [0.29, 0.717) is 30.0 Å². The van der Waals surface area contributed by atoms with Gasteiger partial charge in [-0.1, -0.05) is 25.5 Å². The number of carbonyl (C=O) groups is 2. The zero-order valence-corrected chi connectivity index (χ0v) is 19.4. The van der Waals surface area contributed by atoms with Gasteiger partial charge in [-0.3, -0.25) is 9.59 Å². The second kappa shape index (κ2) is 8.30. The fourth-order valence-electron chi connectivity index (χ4n) is 7.93. The Morgan fingerprint density at radius 2 is 1.87 bits per heavy atom. The molecule has 5 aliphatic rings. The average molecular weight is 431 g/mol. The molecule has 0 amide bonds. The molecule has 5 heteroatoms. The molecule has 1 N–H and O–H groups in total. The molecule has 5 rings (SSSR count). The van der Waals surface area contributed by atoms with Crippen molar-refractivity contribution in [1.29, 1.82) is 0 Å². The van der Waals surface area contributed by atoms with Crippen molar-refractivity contribution < 1.29 is 24.0 Å². The first kappa shape index (κ1) is 21.6. The lowest BCUT2D eigenvalue weighted by Gasteiger charge is -2.56. The van der Waals surface area contributed by atoms with Crippen molar-refractivity contribution in [2.45, 2.75) is 77.7 Å². The first-order valence-electron chi connectivity index (χ1n) is 12.7. The van der Waals surface area contributed by atoms with Crippen molar-refractivity contribution in [3.8, 4) is 0 Å². The Kier molecular flexibility index (Phi) is 5.79. The van der Waals surface area contributed by atoms with Gasteiger partial charge in [0.05, 0.1) is 26.2 Å². The molecule has 1 saturated heterocycles. The maximum absolute atomic E-state index is 12.6. The second-order valence-corrected chi connectivity index (χ2v) is 11.4. The molecule has 5 nitrogen and oxygen atoms in total. The monoisotopic (exact) mass is 430 g/mol. The van der Waals surface area contributed by atoms with Crippen LogP contribution in [0.15, 0.2) is 11.6 Å². The number of Topliss-reactive ketones (excluding diaryl/α,β-unsaturated/α-hetero) is 1. The average Bonchev–Trinajstić information content (AvgIpc) is 3.08. The molecule has 0 radical (unpaired) electrons. The van der Waals surface area contributed by atoms with Crippen LogP contribution in [0.4, 0.5) is 0 Å². The van der Waals surface area contributed by atoms with E-state index in [9.17, 15) is 9.59 Å². The lowest BCUT2D eigenvalue weighted by molar-refractivity contribution is -0.907. The largest absolute Gasteiger partial charge is 0.462 e. The molecule has 1 heterocycles. The maximum Gasteiger partial charge on any atom is 0.311 e. The third-order valence-corrected chi connectivity index (χ3v) is 9.95. The number of allylic oxidation sites excluding steroid dienone is 1. The fourth-order valence-corrected chi connectivity index (χ4v) is 7.93. The molecule has 0 aromatic rings.